The maximum atomic E-state index is 13.2. The first-order valence-electron chi connectivity index (χ1n) is 5.44. The second kappa shape index (κ2) is 5.89. The second-order valence-corrected chi connectivity index (χ2v) is 4.28. The van der Waals surface area contributed by atoms with Crippen LogP contribution in [0.3, 0.4) is 0 Å². The predicted molar refractivity (Wildman–Crippen MR) is 59.2 cm³/mol. The van der Waals surface area contributed by atoms with Gasteiger partial charge in [-0.25, -0.2) is 8.78 Å². The summed E-state index contributed by atoms with van der Waals surface area (Å²) in [7, 11) is 0. The molecule has 1 rings (SSSR count). The number of rotatable bonds is 5. The van der Waals surface area contributed by atoms with Gasteiger partial charge in [0.25, 0.3) is 0 Å². The van der Waals surface area contributed by atoms with E-state index in [-0.39, 0.29) is 25.5 Å². The number of nitrogens with two attached hydrogens (primary N) is 1. The third-order valence-electron chi connectivity index (χ3n) is 2.41. The molecule has 0 saturated heterocycles. The van der Waals surface area contributed by atoms with Gasteiger partial charge in [0.1, 0.15) is 5.54 Å². The first-order valence-corrected chi connectivity index (χ1v) is 5.44. The predicted octanol–water partition coefficient (Wildman–Crippen LogP) is 2.64. The maximum absolute atomic E-state index is 13.2. The van der Waals surface area contributed by atoms with Crippen molar-refractivity contribution in [3.8, 4) is 11.8 Å². The van der Waals surface area contributed by atoms with Crippen LogP contribution >= 0.6 is 0 Å². The summed E-state index contributed by atoms with van der Waals surface area (Å²) in [4.78, 5) is 0. The van der Waals surface area contributed by atoms with E-state index in [0.29, 0.717) is 0 Å². The Morgan fingerprint density at radius 2 is 1.79 bits per heavy atom. The van der Waals surface area contributed by atoms with Crippen LogP contribution in [-0.4, -0.2) is 12.1 Å². The molecule has 0 bridgehead atoms. The van der Waals surface area contributed by atoms with Crippen LogP contribution in [-0.2, 0) is 0 Å². The van der Waals surface area contributed by atoms with Crippen molar-refractivity contribution >= 4 is 0 Å². The Morgan fingerprint density at radius 3 is 2.26 bits per heavy atom. The van der Waals surface area contributed by atoms with Crippen LogP contribution in [0.25, 0.3) is 0 Å². The maximum Gasteiger partial charge on any atom is 0.203 e. The van der Waals surface area contributed by atoms with Crippen molar-refractivity contribution in [2.75, 3.05) is 6.61 Å². The van der Waals surface area contributed by atoms with Gasteiger partial charge in [0, 0.05) is 6.07 Å². The molecule has 0 aromatic heterocycles. The van der Waals surface area contributed by atoms with Crippen LogP contribution in [0, 0.1) is 34.6 Å². The van der Waals surface area contributed by atoms with E-state index in [2.05, 4.69) is 4.74 Å². The highest BCUT2D eigenvalue weighted by Gasteiger charge is 2.21. The van der Waals surface area contributed by atoms with Gasteiger partial charge in [-0.3, -0.25) is 0 Å². The van der Waals surface area contributed by atoms with E-state index in [1.807, 2.05) is 6.07 Å². The van der Waals surface area contributed by atoms with Crippen molar-refractivity contribution in [2.45, 2.75) is 25.3 Å². The molecule has 1 aromatic rings. The summed E-state index contributed by atoms with van der Waals surface area (Å²) in [6.07, 6.45) is 0.419. The number of ether oxygens (including phenoxy) is 1. The van der Waals surface area contributed by atoms with Gasteiger partial charge in [-0.05, 0) is 19.8 Å². The lowest BCUT2D eigenvalue weighted by molar-refractivity contribution is 0.258. The van der Waals surface area contributed by atoms with E-state index in [1.54, 1.807) is 0 Å². The summed E-state index contributed by atoms with van der Waals surface area (Å²) in [6.45, 7) is 1.27. The Bertz CT molecular complexity index is 485. The zero-order valence-corrected chi connectivity index (χ0v) is 10.1. The minimum absolute atomic E-state index is 0.101. The highest BCUT2D eigenvalue weighted by molar-refractivity contribution is 5.28. The Balaban J connectivity index is 2.67. The molecule has 1 aromatic carbocycles. The lowest BCUT2D eigenvalue weighted by atomic mass is 10.00. The summed E-state index contributed by atoms with van der Waals surface area (Å²) in [5.74, 6) is -7.35. The van der Waals surface area contributed by atoms with Crippen molar-refractivity contribution in [1.82, 2.24) is 0 Å². The number of hydrogen-bond donors (Lipinski definition) is 1. The van der Waals surface area contributed by atoms with Crippen LogP contribution in [0.5, 0.6) is 5.75 Å². The van der Waals surface area contributed by atoms with Crippen LogP contribution in [0.2, 0.25) is 0 Å². The number of nitriles is 1. The molecular weight excluding hydrogens is 264 g/mol. The minimum Gasteiger partial charge on any atom is -0.487 e. The van der Waals surface area contributed by atoms with E-state index in [4.69, 9.17) is 11.0 Å². The molecule has 2 N–H and O–H groups in total. The largest absolute Gasteiger partial charge is 0.487 e. The molecule has 0 spiro atoms. The lowest BCUT2D eigenvalue weighted by Gasteiger charge is -2.15. The molecule has 0 aliphatic heterocycles. The van der Waals surface area contributed by atoms with Crippen molar-refractivity contribution in [1.29, 1.82) is 5.26 Å². The summed E-state index contributed by atoms with van der Waals surface area (Å²) in [5.41, 5.74) is 4.43. The normalized spacial score (nSPS) is 13.7. The Labute approximate surface area is 107 Å². The number of benzene rings is 1. The van der Waals surface area contributed by atoms with Crippen molar-refractivity contribution in [3.63, 3.8) is 0 Å². The molecule has 1 unspecified atom stereocenters. The fraction of sp³-hybridized carbons (Fsp3) is 0.417. The first kappa shape index (κ1) is 15.2. The summed E-state index contributed by atoms with van der Waals surface area (Å²) in [5, 5.41) is 8.64. The van der Waals surface area contributed by atoms with E-state index < -0.39 is 34.6 Å². The third-order valence-corrected chi connectivity index (χ3v) is 2.41. The lowest BCUT2D eigenvalue weighted by Crippen LogP contribution is -2.34. The average molecular weight is 276 g/mol. The molecule has 19 heavy (non-hydrogen) atoms. The van der Waals surface area contributed by atoms with Gasteiger partial charge in [0.05, 0.1) is 12.7 Å². The molecule has 3 nitrogen and oxygen atoms in total. The van der Waals surface area contributed by atoms with Gasteiger partial charge < -0.3 is 10.5 Å². The van der Waals surface area contributed by atoms with Gasteiger partial charge >= 0.3 is 0 Å². The van der Waals surface area contributed by atoms with Crippen LogP contribution in [0.4, 0.5) is 17.6 Å². The molecule has 7 heteroatoms. The zero-order valence-electron chi connectivity index (χ0n) is 10.1. The van der Waals surface area contributed by atoms with E-state index in [0.717, 1.165) is 0 Å². The smallest absolute Gasteiger partial charge is 0.203 e. The summed E-state index contributed by atoms with van der Waals surface area (Å²) >= 11 is 0. The Morgan fingerprint density at radius 1 is 1.26 bits per heavy atom. The van der Waals surface area contributed by atoms with E-state index in [1.165, 1.54) is 6.92 Å². The topological polar surface area (TPSA) is 59.0 Å². The van der Waals surface area contributed by atoms with E-state index >= 15 is 0 Å². The highest BCUT2D eigenvalue weighted by atomic mass is 19.2. The summed E-state index contributed by atoms with van der Waals surface area (Å²) < 4.78 is 56.7. The molecular formula is C12H12F4N2O. The third kappa shape index (κ3) is 3.83. The molecule has 1 atom stereocenters. The van der Waals surface area contributed by atoms with Gasteiger partial charge in [0.2, 0.25) is 11.6 Å². The monoisotopic (exact) mass is 276 g/mol. The van der Waals surface area contributed by atoms with Gasteiger partial charge in [-0.15, -0.1) is 0 Å². The average Bonchev–Trinajstić information content (AvgIpc) is 2.35. The Kier molecular flexibility index (Phi) is 4.72. The SMILES string of the molecule is CC(N)(C#N)CCCOc1c(F)c(F)cc(F)c1F. The molecule has 0 aliphatic carbocycles. The van der Waals surface area contributed by atoms with Crippen LogP contribution in [0.1, 0.15) is 19.8 Å². The molecule has 104 valence electrons. The van der Waals surface area contributed by atoms with E-state index in [9.17, 15) is 17.6 Å². The number of halogens is 4. The van der Waals surface area contributed by atoms with Crippen molar-refractivity contribution in [3.05, 3.63) is 29.3 Å². The first-order chi connectivity index (χ1) is 8.78. The Hall–Kier alpha value is -1.81. The number of hydrogen-bond acceptors (Lipinski definition) is 3. The van der Waals surface area contributed by atoms with Crippen molar-refractivity contribution < 1.29 is 22.3 Å². The zero-order chi connectivity index (χ0) is 14.6. The summed E-state index contributed by atoms with van der Waals surface area (Å²) in [6, 6.07) is 1.94. The fourth-order valence-electron chi connectivity index (χ4n) is 1.35. The van der Waals surface area contributed by atoms with Gasteiger partial charge in [-0.1, -0.05) is 0 Å². The molecule has 0 amide bonds. The fourth-order valence-corrected chi connectivity index (χ4v) is 1.35. The van der Waals surface area contributed by atoms with Gasteiger partial charge in [-0.2, -0.15) is 14.0 Å². The standard InChI is InChI=1S/C12H12F4N2O/c1-12(18,6-17)3-2-4-19-11-9(15)7(13)5-8(14)10(11)16/h5H,2-4,18H2,1H3. The molecule has 0 aliphatic rings. The van der Waals surface area contributed by atoms with Gasteiger partial charge in [0.15, 0.2) is 17.4 Å². The number of nitrogens with zero attached hydrogens (tertiary/aromatic N) is 1. The highest BCUT2D eigenvalue weighted by Crippen LogP contribution is 2.26. The minimum atomic E-state index is -1.59. The molecule has 0 radical (unpaired) electrons. The van der Waals surface area contributed by atoms with Crippen molar-refractivity contribution in [2.24, 2.45) is 5.73 Å². The second-order valence-electron chi connectivity index (χ2n) is 4.28. The molecule has 0 fully saturated rings. The molecule has 0 heterocycles. The van der Waals surface area contributed by atoms with Crippen LogP contribution < -0.4 is 10.5 Å². The quantitative estimate of drug-likeness (QED) is 0.511. The van der Waals surface area contributed by atoms with Crippen LogP contribution in [0.15, 0.2) is 6.07 Å². The molecule has 0 saturated carbocycles.